The van der Waals surface area contributed by atoms with E-state index in [9.17, 15) is 0 Å². The minimum atomic E-state index is 0.355. The van der Waals surface area contributed by atoms with Gasteiger partial charge in [-0.05, 0) is 31.7 Å². The number of hydrogen-bond donors (Lipinski definition) is 1. The molecule has 2 nitrogen and oxygen atoms in total. The van der Waals surface area contributed by atoms with Crippen molar-refractivity contribution in [1.82, 2.24) is 4.90 Å². The largest absolute Gasteiger partial charge is 0.393 e. The van der Waals surface area contributed by atoms with Crippen molar-refractivity contribution in [3.05, 3.63) is 34.9 Å². The van der Waals surface area contributed by atoms with Crippen molar-refractivity contribution in [2.75, 3.05) is 7.05 Å². The smallest absolute Gasteiger partial charge is 0.0742 e. The van der Waals surface area contributed by atoms with Crippen molar-refractivity contribution in [1.29, 1.82) is 0 Å². The van der Waals surface area contributed by atoms with Crippen LogP contribution in [0.1, 0.15) is 18.9 Å². The molecule has 0 amide bonds. The Balaban J connectivity index is 2.53. The lowest BCUT2D eigenvalue weighted by molar-refractivity contribution is 0.255. The Morgan fingerprint density at radius 3 is 2.50 bits per heavy atom. The average molecular weight is 257 g/mol. The van der Waals surface area contributed by atoms with Crippen molar-refractivity contribution in [2.24, 2.45) is 5.73 Å². The molecule has 1 atom stereocenters. The molecule has 0 spiro atoms. The monoisotopic (exact) mass is 256 g/mol. The van der Waals surface area contributed by atoms with E-state index in [-0.39, 0.29) is 0 Å². The minimum absolute atomic E-state index is 0.355. The van der Waals surface area contributed by atoms with Gasteiger partial charge in [-0.1, -0.05) is 36.0 Å². The molecule has 0 saturated carbocycles. The zero-order valence-electron chi connectivity index (χ0n) is 9.61. The minimum Gasteiger partial charge on any atom is -0.393 e. The molecule has 1 unspecified atom stereocenters. The van der Waals surface area contributed by atoms with E-state index < -0.39 is 0 Å². The zero-order chi connectivity index (χ0) is 12.1. The zero-order valence-corrected chi connectivity index (χ0v) is 11.2. The number of thiocarbonyl (C=S) groups is 1. The molecule has 0 aromatic heterocycles. The standard InChI is InChI=1S/C12H17ClN2S/c1-9(7-12(14)16)15(2)8-10-3-5-11(13)6-4-10/h3-6,9H,7-8H2,1-2H3,(H2,14,16). The lowest BCUT2D eigenvalue weighted by atomic mass is 10.1. The first-order valence-corrected chi connectivity index (χ1v) is 6.00. The van der Waals surface area contributed by atoms with Crippen LogP contribution in [-0.4, -0.2) is 23.0 Å². The van der Waals surface area contributed by atoms with Crippen LogP contribution in [-0.2, 0) is 6.54 Å². The summed E-state index contributed by atoms with van der Waals surface area (Å²) < 4.78 is 0. The van der Waals surface area contributed by atoms with Gasteiger partial charge >= 0.3 is 0 Å². The first-order valence-electron chi connectivity index (χ1n) is 5.22. The van der Waals surface area contributed by atoms with Crippen LogP contribution in [0.5, 0.6) is 0 Å². The first-order chi connectivity index (χ1) is 7.49. The van der Waals surface area contributed by atoms with Crippen molar-refractivity contribution >= 4 is 28.8 Å². The molecular weight excluding hydrogens is 240 g/mol. The van der Waals surface area contributed by atoms with E-state index in [4.69, 9.17) is 29.6 Å². The topological polar surface area (TPSA) is 29.3 Å². The van der Waals surface area contributed by atoms with Gasteiger partial charge in [0.2, 0.25) is 0 Å². The molecule has 16 heavy (non-hydrogen) atoms. The Morgan fingerprint density at radius 1 is 1.44 bits per heavy atom. The molecular formula is C12H17ClN2S. The normalized spacial score (nSPS) is 12.8. The maximum atomic E-state index is 5.83. The second kappa shape index (κ2) is 6.18. The van der Waals surface area contributed by atoms with Gasteiger partial charge < -0.3 is 5.73 Å². The summed E-state index contributed by atoms with van der Waals surface area (Å²) in [5.41, 5.74) is 6.77. The number of nitrogens with two attached hydrogens (primary N) is 1. The maximum Gasteiger partial charge on any atom is 0.0742 e. The van der Waals surface area contributed by atoms with E-state index >= 15 is 0 Å². The summed E-state index contributed by atoms with van der Waals surface area (Å²) in [6.07, 6.45) is 0.749. The molecule has 1 aromatic rings. The molecule has 0 aliphatic rings. The molecule has 0 fully saturated rings. The molecule has 1 rings (SSSR count). The number of hydrogen-bond acceptors (Lipinski definition) is 2. The summed E-state index contributed by atoms with van der Waals surface area (Å²) in [4.78, 5) is 2.79. The molecule has 0 aliphatic carbocycles. The van der Waals surface area contributed by atoms with Crippen LogP contribution >= 0.6 is 23.8 Å². The van der Waals surface area contributed by atoms with Crippen molar-refractivity contribution in [2.45, 2.75) is 25.9 Å². The molecule has 0 bridgehead atoms. The van der Waals surface area contributed by atoms with Gasteiger partial charge in [0.1, 0.15) is 0 Å². The summed E-state index contributed by atoms with van der Waals surface area (Å²) in [7, 11) is 2.07. The first kappa shape index (κ1) is 13.4. The van der Waals surface area contributed by atoms with E-state index in [0.717, 1.165) is 18.0 Å². The molecule has 4 heteroatoms. The molecule has 0 aliphatic heterocycles. The van der Waals surface area contributed by atoms with Gasteiger partial charge in [-0.3, -0.25) is 4.90 Å². The van der Waals surface area contributed by atoms with Gasteiger partial charge in [0, 0.05) is 24.0 Å². The second-order valence-corrected chi connectivity index (χ2v) is 5.02. The highest BCUT2D eigenvalue weighted by atomic mass is 35.5. The van der Waals surface area contributed by atoms with E-state index in [1.54, 1.807) is 0 Å². The van der Waals surface area contributed by atoms with Gasteiger partial charge in [0.05, 0.1) is 4.99 Å². The predicted molar refractivity (Wildman–Crippen MR) is 73.8 cm³/mol. The van der Waals surface area contributed by atoms with Crippen LogP contribution < -0.4 is 5.73 Å². The van der Waals surface area contributed by atoms with E-state index in [2.05, 4.69) is 18.9 Å². The Bertz CT molecular complexity index is 351. The van der Waals surface area contributed by atoms with Gasteiger partial charge in [0.25, 0.3) is 0 Å². The predicted octanol–water partition coefficient (Wildman–Crippen LogP) is 2.84. The Labute approximate surface area is 107 Å². The number of nitrogens with zero attached hydrogens (tertiary/aromatic N) is 1. The van der Waals surface area contributed by atoms with Crippen LogP contribution in [0.4, 0.5) is 0 Å². The average Bonchev–Trinajstić information content (AvgIpc) is 2.20. The summed E-state index contributed by atoms with van der Waals surface area (Å²) in [5, 5.41) is 0.766. The molecule has 1 aromatic carbocycles. The third-order valence-corrected chi connectivity index (χ3v) is 3.01. The molecule has 2 N–H and O–H groups in total. The number of halogens is 1. The van der Waals surface area contributed by atoms with E-state index in [0.29, 0.717) is 11.0 Å². The fourth-order valence-electron chi connectivity index (χ4n) is 1.48. The quantitative estimate of drug-likeness (QED) is 0.822. The Hall–Kier alpha value is -0.640. The summed E-state index contributed by atoms with van der Waals surface area (Å²) in [6.45, 7) is 3.00. The Kier molecular flexibility index (Phi) is 5.19. The van der Waals surface area contributed by atoms with Crippen LogP contribution in [0.2, 0.25) is 5.02 Å². The van der Waals surface area contributed by atoms with Crippen LogP contribution in [0.25, 0.3) is 0 Å². The molecule has 0 radical (unpaired) electrons. The summed E-state index contributed by atoms with van der Waals surface area (Å²) in [6, 6.07) is 8.23. The Morgan fingerprint density at radius 2 is 2.00 bits per heavy atom. The highest BCUT2D eigenvalue weighted by Gasteiger charge is 2.10. The molecule has 0 saturated heterocycles. The molecule has 88 valence electrons. The van der Waals surface area contributed by atoms with Crippen LogP contribution in [0.3, 0.4) is 0 Å². The van der Waals surface area contributed by atoms with Gasteiger partial charge in [-0.15, -0.1) is 0 Å². The molecule has 0 heterocycles. The fraction of sp³-hybridized carbons (Fsp3) is 0.417. The van der Waals surface area contributed by atoms with Crippen LogP contribution in [0.15, 0.2) is 24.3 Å². The van der Waals surface area contributed by atoms with Crippen molar-refractivity contribution in [3.8, 4) is 0 Å². The van der Waals surface area contributed by atoms with Crippen molar-refractivity contribution < 1.29 is 0 Å². The lowest BCUT2D eigenvalue weighted by Gasteiger charge is -2.24. The SMILES string of the molecule is CC(CC(N)=S)N(C)Cc1ccc(Cl)cc1. The highest BCUT2D eigenvalue weighted by molar-refractivity contribution is 7.80. The maximum absolute atomic E-state index is 5.83. The van der Waals surface area contributed by atoms with Gasteiger partial charge in [-0.25, -0.2) is 0 Å². The van der Waals surface area contributed by atoms with Crippen LogP contribution in [0, 0.1) is 0 Å². The highest BCUT2D eigenvalue weighted by Crippen LogP contribution is 2.12. The summed E-state index contributed by atoms with van der Waals surface area (Å²) >= 11 is 10.7. The lowest BCUT2D eigenvalue weighted by Crippen LogP contribution is -2.32. The van der Waals surface area contributed by atoms with Gasteiger partial charge in [-0.2, -0.15) is 0 Å². The number of rotatable bonds is 5. The summed E-state index contributed by atoms with van der Waals surface area (Å²) in [5.74, 6) is 0. The number of benzene rings is 1. The van der Waals surface area contributed by atoms with Gasteiger partial charge in [0.15, 0.2) is 0 Å². The van der Waals surface area contributed by atoms with E-state index in [1.807, 2.05) is 24.3 Å². The van der Waals surface area contributed by atoms with E-state index in [1.165, 1.54) is 5.56 Å². The second-order valence-electron chi connectivity index (χ2n) is 4.06. The third kappa shape index (κ3) is 4.47. The van der Waals surface area contributed by atoms with Crippen molar-refractivity contribution in [3.63, 3.8) is 0 Å². The third-order valence-electron chi connectivity index (χ3n) is 2.59. The fourth-order valence-corrected chi connectivity index (χ4v) is 1.85.